The molecule has 1 unspecified atom stereocenters. The average Bonchev–Trinajstić information content (AvgIpc) is 2.78. The summed E-state index contributed by atoms with van der Waals surface area (Å²) < 4.78 is 0. The first-order chi connectivity index (χ1) is 8.59. The highest BCUT2D eigenvalue weighted by Gasteiger charge is 2.31. The monoisotopic (exact) mass is 253 g/mol. The third-order valence-electron chi connectivity index (χ3n) is 4.12. The molecular formula is C13H23N3O2. The Hall–Kier alpha value is -1.10. The first-order valence-electron chi connectivity index (χ1n) is 6.83. The summed E-state index contributed by atoms with van der Waals surface area (Å²) in [5.41, 5.74) is 0. The van der Waals surface area contributed by atoms with E-state index in [4.69, 9.17) is 0 Å². The number of hydrogen-bond donors (Lipinski definition) is 1. The van der Waals surface area contributed by atoms with Crippen LogP contribution in [-0.4, -0.2) is 61.4 Å². The zero-order chi connectivity index (χ0) is 13.1. The molecule has 0 saturated carbocycles. The van der Waals surface area contributed by atoms with Gasteiger partial charge in [-0.05, 0) is 31.8 Å². The minimum atomic E-state index is 0.0163. The molecule has 2 saturated heterocycles. The molecule has 0 aromatic carbocycles. The van der Waals surface area contributed by atoms with Gasteiger partial charge in [0.1, 0.15) is 0 Å². The molecule has 0 bridgehead atoms. The number of amides is 2. The van der Waals surface area contributed by atoms with Gasteiger partial charge in [-0.15, -0.1) is 0 Å². The normalized spacial score (nSPS) is 21.6. The summed E-state index contributed by atoms with van der Waals surface area (Å²) in [6.45, 7) is 5.72. The van der Waals surface area contributed by atoms with Crippen molar-refractivity contribution in [1.82, 2.24) is 15.1 Å². The van der Waals surface area contributed by atoms with Gasteiger partial charge in [-0.25, -0.2) is 0 Å². The second kappa shape index (κ2) is 5.69. The third kappa shape index (κ3) is 2.83. The lowest BCUT2D eigenvalue weighted by atomic mass is 9.88. The molecule has 2 fully saturated rings. The van der Waals surface area contributed by atoms with E-state index in [0.29, 0.717) is 5.92 Å². The summed E-state index contributed by atoms with van der Waals surface area (Å²) in [4.78, 5) is 27.6. The summed E-state index contributed by atoms with van der Waals surface area (Å²) >= 11 is 0. The minimum absolute atomic E-state index is 0.0163. The van der Waals surface area contributed by atoms with Crippen LogP contribution in [0.25, 0.3) is 0 Å². The Morgan fingerprint density at radius 2 is 1.94 bits per heavy atom. The van der Waals surface area contributed by atoms with E-state index >= 15 is 0 Å². The van der Waals surface area contributed by atoms with E-state index in [0.717, 1.165) is 39.0 Å². The number of hydrogen-bond acceptors (Lipinski definition) is 3. The molecule has 2 aliphatic heterocycles. The molecule has 0 aliphatic carbocycles. The van der Waals surface area contributed by atoms with Crippen LogP contribution >= 0.6 is 0 Å². The van der Waals surface area contributed by atoms with Crippen LogP contribution in [0.4, 0.5) is 0 Å². The molecule has 0 aromatic heterocycles. The average molecular weight is 253 g/mol. The van der Waals surface area contributed by atoms with E-state index in [1.165, 1.54) is 0 Å². The maximum absolute atomic E-state index is 12.2. The Balaban J connectivity index is 1.80. The zero-order valence-electron chi connectivity index (χ0n) is 11.3. The van der Waals surface area contributed by atoms with E-state index in [9.17, 15) is 9.59 Å². The number of carbonyl (C=O) groups is 2. The smallest absolute Gasteiger partial charge is 0.242 e. The quantitative estimate of drug-likeness (QED) is 0.762. The maximum Gasteiger partial charge on any atom is 0.242 e. The van der Waals surface area contributed by atoms with Gasteiger partial charge in [0.05, 0.1) is 6.54 Å². The zero-order valence-corrected chi connectivity index (χ0v) is 11.3. The van der Waals surface area contributed by atoms with Gasteiger partial charge in [0.25, 0.3) is 0 Å². The van der Waals surface area contributed by atoms with Crippen molar-refractivity contribution in [2.75, 3.05) is 39.8 Å². The van der Waals surface area contributed by atoms with Crippen LogP contribution < -0.4 is 5.32 Å². The fraction of sp³-hybridized carbons (Fsp3) is 0.846. The van der Waals surface area contributed by atoms with Crippen LogP contribution in [-0.2, 0) is 9.59 Å². The van der Waals surface area contributed by atoms with Gasteiger partial charge < -0.3 is 15.1 Å². The lowest BCUT2D eigenvalue weighted by Crippen LogP contribution is -2.51. The first-order valence-corrected chi connectivity index (χ1v) is 6.83. The van der Waals surface area contributed by atoms with Crippen molar-refractivity contribution in [3.05, 3.63) is 0 Å². The Bertz CT molecular complexity index is 322. The van der Waals surface area contributed by atoms with Crippen LogP contribution in [0.3, 0.4) is 0 Å². The predicted molar refractivity (Wildman–Crippen MR) is 69.0 cm³/mol. The Morgan fingerprint density at radius 1 is 1.33 bits per heavy atom. The molecule has 2 aliphatic rings. The molecule has 0 spiro atoms. The molecule has 102 valence electrons. The van der Waals surface area contributed by atoms with Crippen LogP contribution in [0.1, 0.15) is 19.8 Å². The summed E-state index contributed by atoms with van der Waals surface area (Å²) in [5, 5.41) is 3.18. The summed E-state index contributed by atoms with van der Waals surface area (Å²) in [6, 6.07) is 0. The standard InChI is InChI=1S/C13H23N3O2/c1-10(11-7-14-8-11)13(18)15(2)9-12(17)16-5-3-4-6-16/h10-11,14H,3-9H2,1-2H3. The van der Waals surface area contributed by atoms with Crippen molar-refractivity contribution in [3.8, 4) is 0 Å². The SMILES string of the molecule is CC(C(=O)N(C)CC(=O)N1CCCC1)C1CNC1. The number of likely N-dealkylation sites (tertiary alicyclic amines) is 1. The third-order valence-corrected chi connectivity index (χ3v) is 4.12. The summed E-state index contributed by atoms with van der Waals surface area (Å²) in [6.07, 6.45) is 2.18. The van der Waals surface area contributed by atoms with Crippen molar-refractivity contribution < 1.29 is 9.59 Å². The Morgan fingerprint density at radius 3 is 2.44 bits per heavy atom. The maximum atomic E-state index is 12.2. The lowest BCUT2D eigenvalue weighted by molar-refractivity contribution is -0.142. The largest absolute Gasteiger partial charge is 0.341 e. The number of carbonyl (C=O) groups excluding carboxylic acids is 2. The van der Waals surface area contributed by atoms with Crippen molar-refractivity contribution >= 4 is 11.8 Å². The fourth-order valence-corrected chi connectivity index (χ4v) is 2.56. The molecule has 1 atom stereocenters. The van der Waals surface area contributed by atoms with Crippen LogP contribution in [0.5, 0.6) is 0 Å². The number of rotatable bonds is 4. The Labute approximate surface area is 108 Å². The number of likely N-dealkylation sites (N-methyl/N-ethyl adjacent to an activating group) is 1. The van der Waals surface area contributed by atoms with Crippen molar-refractivity contribution in [2.24, 2.45) is 11.8 Å². The van der Waals surface area contributed by atoms with E-state index in [2.05, 4.69) is 5.32 Å². The van der Waals surface area contributed by atoms with Gasteiger partial charge >= 0.3 is 0 Å². The molecule has 2 heterocycles. The molecule has 0 radical (unpaired) electrons. The Kier molecular flexibility index (Phi) is 4.22. The highest BCUT2D eigenvalue weighted by molar-refractivity contribution is 5.86. The number of nitrogens with zero attached hydrogens (tertiary/aromatic N) is 2. The molecular weight excluding hydrogens is 230 g/mol. The minimum Gasteiger partial charge on any atom is -0.341 e. The van der Waals surface area contributed by atoms with Gasteiger partial charge in [0, 0.05) is 26.1 Å². The highest BCUT2D eigenvalue weighted by Crippen LogP contribution is 2.18. The van der Waals surface area contributed by atoms with Crippen LogP contribution in [0, 0.1) is 11.8 Å². The number of nitrogens with one attached hydrogen (secondary N) is 1. The topological polar surface area (TPSA) is 52.7 Å². The van der Waals surface area contributed by atoms with Crippen molar-refractivity contribution in [1.29, 1.82) is 0 Å². The van der Waals surface area contributed by atoms with Crippen LogP contribution in [0.2, 0.25) is 0 Å². The molecule has 0 aromatic rings. The molecule has 18 heavy (non-hydrogen) atoms. The fourth-order valence-electron chi connectivity index (χ4n) is 2.56. The van der Waals surface area contributed by atoms with Gasteiger partial charge in [-0.1, -0.05) is 6.92 Å². The van der Waals surface area contributed by atoms with E-state index in [1.54, 1.807) is 11.9 Å². The van der Waals surface area contributed by atoms with Crippen molar-refractivity contribution in [3.63, 3.8) is 0 Å². The van der Waals surface area contributed by atoms with E-state index in [-0.39, 0.29) is 24.3 Å². The first kappa shape index (κ1) is 13.3. The molecule has 2 amide bonds. The lowest BCUT2D eigenvalue weighted by Gasteiger charge is -2.34. The summed E-state index contributed by atoms with van der Waals surface area (Å²) in [5.74, 6) is 0.626. The van der Waals surface area contributed by atoms with E-state index < -0.39 is 0 Å². The van der Waals surface area contributed by atoms with Gasteiger partial charge in [0.15, 0.2) is 0 Å². The van der Waals surface area contributed by atoms with Gasteiger partial charge in [-0.3, -0.25) is 9.59 Å². The molecule has 5 heteroatoms. The summed E-state index contributed by atoms with van der Waals surface area (Å²) in [7, 11) is 1.74. The predicted octanol–water partition coefficient (Wildman–Crippen LogP) is -0.0773. The second-order valence-electron chi connectivity index (χ2n) is 5.49. The van der Waals surface area contributed by atoms with Crippen LogP contribution in [0.15, 0.2) is 0 Å². The van der Waals surface area contributed by atoms with E-state index in [1.807, 2.05) is 11.8 Å². The molecule has 1 N–H and O–H groups in total. The molecule has 5 nitrogen and oxygen atoms in total. The van der Waals surface area contributed by atoms with Crippen molar-refractivity contribution in [2.45, 2.75) is 19.8 Å². The molecule has 2 rings (SSSR count). The van der Waals surface area contributed by atoms with Gasteiger partial charge in [-0.2, -0.15) is 0 Å². The highest BCUT2D eigenvalue weighted by atomic mass is 16.2. The van der Waals surface area contributed by atoms with Gasteiger partial charge in [0.2, 0.25) is 11.8 Å². The second-order valence-corrected chi connectivity index (χ2v) is 5.49.